The van der Waals surface area contributed by atoms with Gasteiger partial charge in [-0.2, -0.15) is 0 Å². The van der Waals surface area contributed by atoms with Crippen LogP contribution in [0.2, 0.25) is 0 Å². The molecule has 0 atom stereocenters. The van der Waals surface area contributed by atoms with Gasteiger partial charge >= 0.3 is 0 Å². The van der Waals surface area contributed by atoms with Crippen LogP contribution in [0, 0.1) is 0 Å². The molecular weight excluding hydrogens is 250 g/mol. The van der Waals surface area contributed by atoms with Gasteiger partial charge in [-0.1, -0.05) is 24.3 Å². The number of amides is 1. The van der Waals surface area contributed by atoms with Crippen LogP contribution in [-0.2, 0) is 17.9 Å². The van der Waals surface area contributed by atoms with Crippen LogP contribution in [-0.4, -0.2) is 29.4 Å². The Labute approximate surface area is 121 Å². The Balaban J connectivity index is 1.90. The highest BCUT2D eigenvalue weighted by atomic mass is 16.2. The van der Waals surface area contributed by atoms with E-state index >= 15 is 0 Å². The van der Waals surface area contributed by atoms with Gasteiger partial charge in [0, 0.05) is 19.1 Å². The lowest BCUT2D eigenvalue weighted by Crippen LogP contribution is -2.42. The number of nitrogens with zero attached hydrogens (tertiary/aromatic N) is 1. The van der Waals surface area contributed by atoms with Gasteiger partial charge in [-0.25, -0.2) is 0 Å². The van der Waals surface area contributed by atoms with E-state index in [2.05, 4.69) is 43.2 Å². The Morgan fingerprint density at radius 1 is 1.40 bits per heavy atom. The predicted octanol–water partition coefficient (Wildman–Crippen LogP) is 1.63. The first-order chi connectivity index (χ1) is 9.40. The first kappa shape index (κ1) is 15.0. The average molecular weight is 275 g/mol. The zero-order chi connectivity index (χ0) is 14.8. The first-order valence-electron chi connectivity index (χ1n) is 7.26. The van der Waals surface area contributed by atoms with Crippen LogP contribution >= 0.6 is 0 Å². The largest absolute Gasteiger partial charge is 0.350 e. The Morgan fingerprint density at radius 3 is 2.65 bits per heavy atom. The summed E-state index contributed by atoms with van der Waals surface area (Å²) in [6, 6.07) is 8.87. The van der Waals surface area contributed by atoms with Crippen LogP contribution in [0.5, 0.6) is 0 Å². The second-order valence-electron chi connectivity index (χ2n) is 6.17. The SMILES string of the molecule is CC(C)N(C)Cc1cccc(CNC(=O)C2(N)CC2)c1. The van der Waals surface area contributed by atoms with E-state index in [0.29, 0.717) is 12.6 Å². The molecule has 0 bridgehead atoms. The summed E-state index contributed by atoms with van der Waals surface area (Å²) < 4.78 is 0. The van der Waals surface area contributed by atoms with Crippen molar-refractivity contribution < 1.29 is 4.79 Å². The molecule has 2 rings (SSSR count). The highest BCUT2D eigenvalue weighted by Gasteiger charge is 2.45. The summed E-state index contributed by atoms with van der Waals surface area (Å²) in [6.07, 6.45) is 1.61. The van der Waals surface area contributed by atoms with Crippen LogP contribution in [0.3, 0.4) is 0 Å². The molecule has 1 saturated carbocycles. The summed E-state index contributed by atoms with van der Waals surface area (Å²) in [5, 5.41) is 2.93. The molecule has 1 aromatic rings. The molecule has 1 aliphatic rings. The molecule has 1 aromatic carbocycles. The third-order valence-corrected chi connectivity index (χ3v) is 4.00. The van der Waals surface area contributed by atoms with E-state index in [9.17, 15) is 4.79 Å². The number of nitrogens with two attached hydrogens (primary N) is 1. The maximum atomic E-state index is 11.8. The van der Waals surface area contributed by atoms with Gasteiger partial charge < -0.3 is 11.1 Å². The van der Waals surface area contributed by atoms with Gasteiger partial charge in [0.05, 0.1) is 5.54 Å². The summed E-state index contributed by atoms with van der Waals surface area (Å²) in [5.41, 5.74) is 7.66. The van der Waals surface area contributed by atoms with Gasteiger partial charge in [0.2, 0.25) is 5.91 Å². The van der Waals surface area contributed by atoms with Crippen molar-refractivity contribution in [2.24, 2.45) is 5.73 Å². The van der Waals surface area contributed by atoms with Crippen molar-refractivity contribution in [2.45, 2.75) is 51.4 Å². The Hall–Kier alpha value is -1.39. The van der Waals surface area contributed by atoms with Crippen LogP contribution < -0.4 is 11.1 Å². The summed E-state index contributed by atoms with van der Waals surface area (Å²) in [7, 11) is 2.12. The standard InChI is InChI=1S/C16H25N3O/c1-12(2)19(3)11-14-6-4-5-13(9-14)10-18-15(20)16(17)7-8-16/h4-6,9,12H,7-8,10-11,17H2,1-3H3,(H,18,20). The first-order valence-corrected chi connectivity index (χ1v) is 7.26. The van der Waals surface area contributed by atoms with Gasteiger partial charge in [-0.05, 0) is 44.9 Å². The fourth-order valence-corrected chi connectivity index (χ4v) is 2.03. The third-order valence-electron chi connectivity index (χ3n) is 4.00. The zero-order valence-corrected chi connectivity index (χ0v) is 12.6. The Kier molecular flexibility index (Phi) is 4.45. The van der Waals surface area contributed by atoms with Gasteiger partial charge in [0.15, 0.2) is 0 Å². The molecule has 0 radical (unpaired) electrons. The number of benzene rings is 1. The Bertz CT molecular complexity index is 480. The van der Waals surface area contributed by atoms with Gasteiger partial charge in [-0.3, -0.25) is 9.69 Å². The van der Waals surface area contributed by atoms with Gasteiger partial charge in [0.1, 0.15) is 0 Å². The summed E-state index contributed by atoms with van der Waals surface area (Å²) in [6.45, 7) is 5.83. The van der Waals surface area contributed by atoms with Crippen LogP contribution in [0.1, 0.15) is 37.8 Å². The van der Waals surface area contributed by atoms with Crippen molar-refractivity contribution in [3.05, 3.63) is 35.4 Å². The molecule has 0 heterocycles. The molecule has 0 spiro atoms. The molecule has 1 aliphatic carbocycles. The lowest BCUT2D eigenvalue weighted by Gasteiger charge is -2.21. The fourth-order valence-electron chi connectivity index (χ4n) is 2.03. The molecule has 1 amide bonds. The average Bonchev–Trinajstić information content (AvgIpc) is 3.15. The molecule has 20 heavy (non-hydrogen) atoms. The molecule has 4 heteroatoms. The lowest BCUT2D eigenvalue weighted by molar-refractivity contribution is -0.123. The lowest BCUT2D eigenvalue weighted by atomic mass is 10.1. The maximum absolute atomic E-state index is 11.8. The summed E-state index contributed by atoms with van der Waals surface area (Å²) in [5.74, 6) is -0.0257. The number of hydrogen-bond donors (Lipinski definition) is 2. The molecule has 1 fully saturated rings. The molecular formula is C16H25N3O. The maximum Gasteiger partial charge on any atom is 0.240 e. The fraction of sp³-hybridized carbons (Fsp3) is 0.562. The number of carbonyl (C=O) groups excluding carboxylic acids is 1. The van der Waals surface area contributed by atoms with Crippen molar-refractivity contribution in [2.75, 3.05) is 7.05 Å². The zero-order valence-electron chi connectivity index (χ0n) is 12.6. The molecule has 0 aromatic heterocycles. The molecule has 0 saturated heterocycles. The van der Waals surface area contributed by atoms with Crippen molar-refractivity contribution in [1.82, 2.24) is 10.2 Å². The van der Waals surface area contributed by atoms with E-state index in [0.717, 1.165) is 24.9 Å². The van der Waals surface area contributed by atoms with E-state index in [4.69, 9.17) is 5.73 Å². The minimum absolute atomic E-state index is 0.0257. The second-order valence-corrected chi connectivity index (χ2v) is 6.17. The highest BCUT2D eigenvalue weighted by Crippen LogP contribution is 2.32. The second kappa shape index (κ2) is 5.94. The van der Waals surface area contributed by atoms with Crippen molar-refractivity contribution in [3.63, 3.8) is 0 Å². The van der Waals surface area contributed by atoms with Crippen LogP contribution in [0.4, 0.5) is 0 Å². The van der Waals surface area contributed by atoms with Crippen molar-refractivity contribution >= 4 is 5.91 Å². The highest BCUT2D eigenvalue weighted by molar-refractivity contribution is 5.88. The number of nitrogens with one attached hydrogen (secondary N) is 1. The molecule has 4 nitrogen and oxygen atoms in total. The minimum Gasteiger partial charge on any atom is -0.350 e. The van der Waals surface area contributed by atoms with E-state index in [-0.39, 0.29) is 5.91 Å². The van der Waals surface area contributed by atoms with E-state index in [1.165, 1.54) is 5.56 Å². The normalized spacial score (nSPS) is 16.5. The van der Waals surface area contributed by atoms with Gasteiger partial charge in [-0.15, -0.1) is 0 Å². The quantitative estimate of drug-likeness (QED) is 0.829. The summed E-state index contributed by atoms with van der Waals surface area (Å²) in [4.78, 5) is 14.1. The Morgan fingerprint density at radius 2 is 2.05 bits per heavy atom. The molecule has 110 valence electrons. The molecule has 0 unspecified atom stereocenters. The van der Waals surface area contributed by atoms with E-state index in [1.807, 2.05) is 12.1 Å². The van der Waals surface area contributed by atoms with Crippen molar-refractivity contribution in [3.8, 4) is 0 Å². The molecule has 3 N–H and O–H groups in total. The number of carbonyl (C=O) groups is 1. The number of hydrogen-bond acceptors (Lipinski definition) is 3. The smallest absolute Gasteiger partial charge is 0.240 e. The number of rotatable bonds is 6. The van der Waals surface area contributed by atoms with Crippen LogP contribution in [0.25, 0.3) is 0 Å². The monoisotopic (exact) mass is 275 g/mol. The third kappa shape index (κ3) is 3.81. The predicted molar refractivity (Wildman–Crippen MR) is 81.0 cm³/mol. The topological polar surface area (TPSA) is 58.4 Å². The molecule has 0 aliphatic heterocycles. The van der Waals surface area contributed by atoms with Gasteiger partial charge in [0.25, 0.3) is 0 Å². The summed E-state index contributed by atoms with van der Waals surface area (Å²) >= 11 is 0. The van der Waals surface area contributed by atoms with E-state index < -0.39 is 5.54 Å². The van der Waals surface area contributed by atoms with E-state index in [1.54, 1.807) is 0 Å². The van der Waals surface area contributed by atoms with Crippen molar-refractivity contribution in [1.29, 1.82) is 0 Å². The minimum atomic E-state index is -0.588. The van der Waals surface area contributed by atoms with Crippen LogP contribution in [0.15, 0.2) is 24.3 Å².